The lowest BCUT2D eigenvalue weighted by Crippen LogP contribution is -2.25. The number of rotatable bonds is 6. The molecule has 0 saturated carbocycles. The molecule has 0 atom stereocenters. The second-order valence-electron chi connectivity index (χ2n) is 4.20. The van der Waals surface area contributed by atoms with E-state index >= 15 is 0 Å². The Labute approximate surface area is 116 Å². The zero-order chi connectivity index (χ0) is 13.9. The number of hydrogen-bond acceptors (Lipinski definition) is 5. The van der Waals surface area contributed by atoms with Crippen molar-refractivity contribution in [3.05, 3.63) is 41.2 Å². The number of thiophene rings is 1. The highest BCUT2D eigenvalue weighted by molar-refractivity contribution is 7.91. The number of furan rings is 1. The van der Waals surface area contributed by atoms with Crippen molar-refractivity contribution in [3.8, 4) is 0 Å². The molecule has 2 aromatic rings. The Hall–Kier alpha value is -1.15. The molecule has 0 saturated heterocycles. The summed E-state index contributed by atoms with van der Waals surface area (Å²) >= 11 is 1.24. The summed E-state index contributed by atoms with van der Waals surface area (Å²) in [5.74, 6) is 0. The molecule has 2 aromatic heterocycles. The monoisotopic (exact) mass is 300 g/mol. The quantitative estimate of drug-likeness (QED) is 0.885. The van der Waals surface area contributed by atoms with Gasteiger partial charge in [-0.1, -0.05) is 0 Å². The molecule has 0 spiro atoms. The van der Waals surface area contributed by atoms with E-state index in [-0.39, 0.29) is 0 Å². The molecule has 0 amide bonds. The van der Waals surface area contributed by atoms with E-state index in [1.807, 2.05) is 12.4 Å². The maximum Gasteiger partial charge on any atom is 0.252 e. The highest BCUT2D eigenvalue weighted by Gasteiger charge is 2.23. The second-order valence-corrected chi connectivity index (χ2v) is 7.38. The molecule has 0 fully saturated rings. The van der Waals surface area contributed by atoms with Gasteiger partial charge < -0.3 is 9.73 Å². The van der Waals surface area contributed by atoms with Crippen LogP contribution in [0.2, 0.25) is 0 Å². The maximum absolute atomic E-state index is 12.4. The lowest BCUT2D eigenvalue weighted by atomic mass is 10.3. The van der Waals surface area contributed by atoms with Crippen LogP contribution < -0.4 is 5.32 Å². The SMILES string of the molecule is CNCc1csc(S(=O)(=O)N(C)Cc2ccoc2)c1. The Morgan fingerprint density at radius 3 is 2.84 bits per heavy atom. The molecule has 0 unspecified atom stereocenters. The first kappa shape index (κ1) is 14.3. The van der Waals surface area contributed by atoms with Crippen molar-refractivity contribution in [1.82, 2.24) is 9.62 Å². The first-order chi connectivity index (χ1) is 9.04. The number of nitrogens with zero attached hydrogens (tertiary/aromatic N) is 1. The fraction of sp³-hybridized carbons (Fsp3) is 0.333. The van der Waals surface area contributed by atoms with E-state index in [2.05, 4.69) is 5.32 Å². The normalized spacial score (nSPS) is 12.2. The van der Waals surface area contributed by atoms with Gasteiger partial charge in [0.25, 0.3) is 10.0 Å². The summed E-state index contributed by atoms with van der Waals surface area (Å²) in [6, 6.07) is 3.47. The van der Waals surface area contributed by atoms with Gasteiger partial charge in [-0.2, -0.15) is 4.31 Å². The lowest BCUT2D eigenvalue weighted by molar-refractivity contribution is 0.465. The van der Waals surface area contributed by atoms with Crippen LogP contribution in [0.1, 0.15) is 11.1 Å². The van der Waals surface area contributed by atoms with Crippen LogP contribution in [0.25, 0.3) is 0 Å². The van der Waals surface area contributed by atoms with Gasteiger partial charge in [0, 0.05) is 25.7 Å². The summed E-state index contributed by atoms with van der Waals surface area (Å²) in [5, 5.41) is 4.86. The Morgan fingerprint density at radius 1 is 1.42 bits per heavy atom. The molecule has 0 radical (unpaired) electrons. The van der Waals surface area contributed by atoms with Crippen LogP contribution in [-0.2, 0) is 23.1 Å². The van der Waals surface area contributed by atoms with E-state index in [0.717, 1.165) is 11.1 Å². The maximum atomic E-state index is 12.4. The van der Waals surface area contributed by atoms with Gasteiger partial charge in [-0.05, 0) is 30.1 Å². The van der Waals surface area contributed by atoms with Crippen molar-refractivity contribution in [1.29, 1.82) is 0 Å². The van der Waals surface area contributed by atoms with Gasteiger partial charge in [-0.15, -0.1) is 11.3 Å². The predicted molar refractivity (Wildman–Crippen MR) is 74.4 cm³/mol. The van der Waals surface area contributed by atoms with Crippen LogP contribution in [0.4, 0.5) is 0 Å². The molecule has 7 heteroatoms. The third-order valence-electron chi connectivity index (χ3n) is 2.66. The van der Waals surface area contributed by atoms with Crippen molar-refractivity contribution in [2.75, 3.05) is 14.1 Å². The highest BCUT2D eigenvalue weighted by Crippen LogP contribution is 2.24. The van der Waals surface area contributed by atoms with Crippen LogP contribution in [-0.4, -0.2) is 26.8 Å². The first-order valence-electron chi connectivity index (χ1n) is 5.73. The standard InChI is InChI=1S/C12H16N2O3S2/c1-13-6-11-5-12(18-9-11)19(15,16)14(2)7-10-3-4-17-8-10/h3-5,8-9,13H,6-7H2,1-2H3. The van der Waals surface area contributed by atoms with Crippen molar-refractivity contribution >= 4 is 21.4 Å². The summed E-state index contributed by atoms with van der Waals surface area (Å²) < 4.78 is 31.4. The minimum Gasteiger partial charge on any atom is -0.472 e. The van der Waals surface area contributed by atoms with Gasteiger partial charge in [-0.25, -0.2) is 8.42 Å². The number of sulfonamides is 1. The highest BCUT2D eigenvalue weighted by atomic mass is 32.2. The molecule has 0 bridgehead atoms. The van der Waals surface area contributed by atoms with Crippen molar-refractivity contribution in [3.63, 3.8) is 0 Å². The fourth-order valence-corrected chi connectivity index (χ4v) is 4.24. The summed E-state index contributed by atoms with van der Waals surface area (Å²) in [6.45, 7) is 0.968. The minimum atomic E-state index is -3.43. The largest absolute Gasteiger partial charge is 0.472 e. The zero-order valence-corrected chi connectivity index (χ0v) is 12.4. The summed E-state index contributed by atoms with van der Waals surface area (Å²) in [5.41, 5.74) is 1.81. The van der Waals surface area contributed by atoms with E-state index in [0.29, 0.717) is 17.3 Å². The molecule has 104 valence electrons. The molecule has 2 heterocycles. The van der Waals surface area contributed by atoms with Crippen LogP contribution in [0.15, 0.2) is 38.7 Å². The summed E-state index contributed by atoms with van der Waals surface area (Å²) in [4.78, 5) is 0. The zero-order valence-electron chi connectivity index (χ0n) is 10.8. The van der Waals surface area contributed by atoms with E-state index in [1.54, 1.807) is 25.4 Å². The van der Waals surface area contributed by atoms with Crippen LogP contribution in [0.3, 0.4) is 0 Å². The topological polar surface area (TPSA) is 62.6 Å². The van der Waals surface area contributed by atoms with Crippen molar-refractivity contribution < 1.29 is 12.8 Å². The van der Waals surface area contributed by atoms with E-state index in [9.17, 15) is 8.42 Å². The molecular formula is C12H16N2O3S2. The molecular weight excluding hydrogens is 284 g/mol. The Bertz CT molecular complexity index is 617. The fourth-order valence-electron chi connectivity index (χ4n) is 1.66. The Morgan fingerprint density at radius 2 is 2.21 bits per heavy atom. The molecule has 19 heavy (non-hydrogen) atoms. The smallest absolute Gasteiger partial charge is 0.252 e. The van der Waals surface area contributed by atoms with E-state index in [4.69, 9.17) is 4.42 Å². The third kappa shape index (κ3) is 3.24. The average Bonchev–Trinajstić information content (AvgIpc) is 3.00. The van der Waals surface area contributed by atoms with Crippen LogP contribution in [0.5, 0.6) is 0 Å². The predicted octanol–water partition coefficient (Wildman–Crippen LogP) is 1.88. The van der Waals surface area contributed by atoms with Crippen molar-refractivity contribution in [2.45, 2.75) is 17.3 Å². The van der Waals surface area contributed by atoms with Crippen LogP contribution >= 0.6 is 11.3 Å². The second kappa shape index (κ2) is 5.87. The molecule has 0 aromatic carbocycles. The molecule has 0 aliphatic carbocycles. The van der Waals surface area contributed by atoms with Crippen LogP contribution in [0, 0.1) is 0 Å². The molecule has 5 nitrogen and oxygen atoms in total. The molecule has 0 aliphatic rings. The van der Waals surface area contributed by atoms with E-state index < -0.39 is 10.0 Å². The van der Waals surface area contributed by atoms with Gasteiger partial charge in [-0.3, -0.25) is 0 Å². The average molecular weight is 300 g/mol. The first-order valence-corrected chi connectivity index (χ1v) is 8.05. The van der Waals surface area contributed by atoms with E-state index in [1.165, 1.54) is 21.9 Å². The van der Waals surface area contributed by atoms with Gasteiger partial charge in [0.1, 0.15) is 4.21 Å². The molecule has 0 aliphatic heterocycles. The van der Waals surface area contributed by atoms with Gasteiger partial charge >= 0.3 is 0 Å². The van der Waals surface area contributed by atoms with Gasteiger partial charge in [0.15, 0.2) is 0 Å². The van der Waals surface area contributed by atoms with Gasteiger partial charge in [0.05, 0.1) is 12.5 Å². The Balaban J connectivity index is 2.16. The van der Waals surface area contributed by atoms with Crippen molar-refractivity contribution in [2.24, 2.45) is 0 Å². The van der Waals surface area contributed by atoms with Gasteiger partial charge in [0.2, 0.25) is 0 Å². The summed E-state index contributed by atoms with van der Waals surface area (Å²) in [6.07, 6.45) is 3.08. The Kier molecular flexibility index (Phi) is 4.41. The number of nitrogens with one attached hydrogen (secondary N) is 1. The summed E-state index contributed by atoms with van der Waals surface area (Å²) in [7, 11) is -0.0307. The third-order valence-corrected chi connectivity index (χ3v) is 5.93. The number of hydrogen-bond donors (Lipinski definition) is 1. The minimum absolute atomic E-state index is 0.304. The molecule has 2 rings (SSSR count). The molecule has 1 N–H and O–H groups in total. The lowest BCUT2D eigenvalue weighted by Gasteiger charge is -2.14.